The molecule has 1 rings (SSSR count). The first-order chi connectivity index (χ1) is 10.1. The first-order valence-electron chi connectivity index (χ1n) is 8.92. The molecular formula is C19H34O2. The van der Waals surface area contributed by atoms with Crippen molar-refractivity contribution in [2.75, 3.05) is 0 Å². The second kappa shape index (κ2) is 10.2. The molecule has 0 aromatic rings. The summed E-state index contributed by atoms with van der Waals surface area (Å²) in [5, 5.41) is 20.7. The van der Waals surface area contributed by atoms with Crippen LogP contribution in [-0.4, -0.2) is 21.9 Å². The van der Waals surface area contributed by atoms with Gasteiger partial charge in [-0.05, 0) is 30.9 Å². The Labute approximate surface area is 131 Å². The molecule has 0 fully saturated rings. The van der Waals surface area contributed by atoms with E-state index in [9.17, 15) is 10.2 Å². The van der Waals surface area contributed by atoms with E-state index < -0.39 is 11.7 Å². The zero-order valence-electron chi connectivity index (χ0n) is 14.0. The van der Waals surface area contributed by atoms with Gasteiger partial charge in [-0.25, -0.2) is 0 Å². The number of unbranched alkanes of at least 4 members (excludes halogenated alkanes) is 7. The highest BCUT2D eigenvalue weighted by atomic mass is 16.3. The van der Waals surface area contributed by atoms with E-state index in [2.05, 4.69) is 13.8 Å². The molecule has 21 heavy (non-hydrogen) atoms. The molecule has 0 spiro atoms. The van der Waals surface area contributed by atoms with Crippen LogP contribution in [0.2, 0.25) is 0 Å². The molecule has 0 aliphatic heterocycles. The summed E-state index contributed by atoms with van der Waals surface area (Å²) in [7, 11) is 0. The number of hydrogen-bond acceptors (Lipinski definition) is 2. The second-order valence-electron chi connectivity index (χ2n) is 6.49. The van der Waals surface area contributed by atoms with E-state index in [-0.39, 0.29) is 0 Å². The molecule has 2 unspecified atom stereocenters. The van der Waals surface area contributed by atoms with Crippen LogP contribution in [0.15, 0.2) is 23.8 Å². The van der Waals surface area contributed by atoms with E-state index >= 15 is 0 Å². The van der Waals surface area contributed by atoms with Gasteiger partial charge in [0.05, 0.1) is 0 Å². The van der Waals surface area contributed by atoms with E-state index in [0.29, 0.717) is 6.42 Å². The maximum Gasteiger partial charge on any atom is 0.113 e. The lowest BCUT2D eigenvalue weighted by Crippen LogP contribution is -2.41. The van der Waals surface area contributed by atoms with Crippen molar-refractivity contribution in [2.45, 2.75) is 96.2 Å². The molecule has 0 heterocycles. The minimum atomic E-state index is -1.04. The van der Waals surface area contributed by atoms with Gasteiger partial charge in [0.2, 0.25) is 0 Å². The minimum absolute atomic E-state index is 0.659. The molecule has 1 aliphatic rings. The maximum absolute atomic E-state index is 10.6. The van der Waals surface area contributed by atoms with Gasteiger partial charge in [-0.1, -0.05) is 77.4 Å². The summed E-state index contributed by atoms with van der Waals surface area (Å²) >= 11 is 0. The van der Waals surface area contributed by atoms with E-state index in [1.54, 1.807) is 6.08 Å². The van der Waals surface area contributed by atoms with Crippen LogP contribution < -0.4 is 0 Å². The van der Waals surface area contributed by atoms with Crippen LogP contribution in [0, 0.1) is 0 Å². The summed E-state index contributed by atoms with van der Waals surface area (Å²) in [6, 6.07) is 0. The summed E-state index contributed by atoms with van der Waals surface area (Å²) in [4.78, 5) is 0. The van der Waals surface area contributed by atoms with Crippen molar-refractivity contribution in [3.8, 4) is 0 Å². The van der Waals surface area contributed by atoms with Crippen molar-refractivity contribution < 1.29 is 10.2 Å². The Bertz CT molecular complexity index is 332. The predicted molar refractivity (Wildman–Crippen MR) is 90.3 cm³/mol. The molecule has 122 valence electrons. The van der Waals surface area contributed by atoms with Gasteiger partial charge in [-0.3, -0.25) is 0 Å². The Morgan fingerprint density at radius 1 is 0.952 bits per heavy atom. The van der Waals surface area contributed by atoms with Gasteiger partial charge in [0.15, 0.2) is 0 Å². The smallest absolute Gasteiger partial charge is 0.113 e. The summed E-state index contributed by atoms with van der Waals surface area (Å²) in [5.41, 5.74) is 0.149. The highest BCUT2D eigenvalue weighted by molar-refractivity contribution is 5.31. The lowest BCUT2D eigenvalue weighted by molar-refractivity contribution is -0.0236. The third-order valence-corrected chi connectivity index (χ3v) is 4.44. The molecule has 2 nitrogen and oxygen atoms in total. The Hall–Kier alpha value is -0.600. The first kappa shape index (κ1) is 18.4. The third kappa shape index (κ3) is 6.80. The minimum Gasteiger partial charge on any atom is -0.386 e. The summed E-state index contributed by atoms with van der Waals surface area (Å²) in [6.07, 6.45) is 17.5. The van der Waals surface area contributed by atoms with Crippen molar-refractivity contribution in [1.29, 1.82) is 0 Å². The molecule has 0 saturated heterocycles. The molecule has 0 radical (unpaired) electrons. The van der Waals surface area contributed by atoms with E-state index in [1.807, 2.05) is 12.2 Å². The molecule has 0 bridgehead atoms. The highest BCUT2D eigenvalue weighted by Crippen LogP contribution is 2.29. The van der Waals surface area contributed by atoms with Crippen LogP contribution in [0.1, 0.15) is 84.5 Å². The standard InChI is InChI=1S/C19H34O2/c1-3-5-7-8-9-10-12-17-13-14-18(20)19(21,16-17)15-11-6-4-2/h13-14,16,18,20-21H,3-12,15H2,1-2H3. The average molecular weight is 294 g/mol. The van der Waals surface area contributed by atoms with Crippen LogP contribution in [0.3, 0.4) is 0 Å². The first-order valence-corrected chi connectivity index (χ1v) is 8.92. The zero-order chi connectivity index (χ0) is 15.6. The van der Waals surface area contributed by atoms with Gasteiger partial charge in [0.25, 0.3) is 0 Å². The Kier molecular flexibility index (Phi) is 8.94. The molecule has 2 heteroatoms. The van der Waals surface area contributed by atoms with Crippen molar-refractivity contribution in [3.63, 3.8) is 0 Å². The molecular weight excluding hydrogens is 260 g/mol. The fraction of sp³-hybridized carbons (Fsp3) is 0.789. The number of allylic oxidation sites excluding steroid dienone is 2. The topological polar surface area (TPSA) is 40.5 Å². The largest absolute Gasteiger partial charge is 0.386 e. The number of aliphatic hydroxyl groups is 2. The maximum atomic E-state index is 10.6. The van der Waals surface area contributed by atoms with Crippen LogP contribution in [0.4, 0.5) is 0 Å². The second-order valence-corrected chi connectivity index (χ2v) is 6.49. The fourth-order valence-corrected chi connectivity index (χ4v) is 2.98. The highest BCUT2D eigenvalue weighted by Gasteiger charge is 2.33. The van der Waals surface area contributed by atoms with Gasteiger partial charge in [0.1, 0.15) is 11.7 Å². The van der Waals surface area contributed by atoms with Crippen LogP contribution in [0.25, 0.3) is 0 Å². The third-order valence-electron chi connectivity index (χ3n) is 4.44. The van der Waals surface area contributed by atoms with Crippen molar-refractivity contribution in [3.05, 3.63) is 23.8 Å². The number of aliphatic hydroxyl groups excluding tert-OH is 1. The Morgan fingerprint density at radius 2 is 1.57 bits per heavy atom. The predicted octanol–water partition coefficient (Wildman–Crippen LogP) is 4.91. The van der Waals surface area contributed by atoms with Crippen molar-refractivity contribution >= 4 is 0 Å². The van der Waals surface area contributed by atoms with Gasteiger partial charge in [0, 0.05) is 0 Å². The monoisotopic (exact) mass is 294 g/mol. The summed E-state index contributed by atoms with van der Waals surface area (Å²) in [5.74, 6) is 0. The summed E-state index contributed by atoms with van der Waals surface area (Å²) in [6.45, 7) is 4.39. The fourth-order valence-electron chi connectivity index (χ4n) is 2.98. The lowest BCUT2D eigenvalue weighted by Gasteiger charge is -2.32. The number of hydrogen-bond donors (Lipinski definition) is 2. The van der Waals surface area contributed by atoms with E-state index in [1.165, 1.54) is 44.1 Å². The average Bonchev–Trinajstić information content (AvgIpc) is 2.47. The normalized spacial score (nSPS) is 25.1. The zero-order valence-corrected chi connectivity index (χ0v) is 14.0. The summed E-state index contributed by atoms with van der Waals surface area (Å²) < 4.78 is 0. The molecule has 0 saturated carbocycles. The molecule has 0 aromatic carbocycles. The van der Waals surface area contributed by atoms with Crippen molar-refractivity contribution in [1.82, 2.24) is 0 Å². The molecule has 0 amide bonds. The molecule has 2 N–H and O–H groups in total. The number of rotatable bonds is 11. The quantitative estimate of drug-likeness (QED) is 0.532. The van der Waals surface area contributed by atoms with Crippen LogP contribution >= 0.6 is 0 Å². The molecule has 0 aromatic heterocycles. The van der Waals surface area contributed by atoms with Gasteiger partial charge in [-0.2, -0.15) is 0 Å². The van der Waals surface area contributed by atoms with Gasteiger partial charge >= 0.3 is 0 Å². The Morgan fingerprint density at radius 3 is 2.29 bits per heavy atom. The van der Waals surface area contributed by atoms with E-state index in [0.717, 1.165) is 25.7 Å². The van der Waals surface area contributed by atoms with Crippen molar-refractivity contribution in [2.24, 2.45) is 0 Å². The SMILES string of the molecule is CCCCCCCCC1=CC(O)(CCCCC)C(O)C=C1. The van der Waals surface area contributed by atoms with E-state index in [4.69, 9.17) is 0 Å². The Balaban J connectivity index is 2.37. The van der Waals surface area contributed by atoms with Crippen LogP contribution in [-0.2, 0) is 0 Å². The van der Waals surface area contributed by atoms with Gasteiger partial charge < -0.3 is 10.2 Å². The lowest BCUT2D eigenvalue weighted by atomic mass is 9.83. The molecule has 2 atom stereocenters. The van der Waals surface area contributed by atoms with Gasteiger partial charge in [-0.15, -0.1) is 0 Å². The molecule has 1 aliphatic carbocycles. The van der Waals surface area contributed by atoms with Crippen LogP contribution in [0.5, 0.6) is 0 Å².